The van der Waals surface area contributed by atoms with Gasteiger partial charge in [-0.25, -0.2) is 4.79 Å². The first-order valence-corrected chi connectivity index (χ1v) is 13.8. The molecule has 0 aliphatic carbocycles. The van der Waals surface area contributed by atoms with E-state index in [-0.39, 0.29) is 43.3 Å². The number of likely N-dealkylation sites (tertiary alicyclic amines) is 1. The number of nitrogens with zero attached hydrogens (tertiary/aromatic N) is 1. The maximum atomic E-state index is 13.4. The van der Waals surface area contributed by atoms with Crippen molar-refractivity contribution in [1.29, 1.82) is 5.41 Å². The number of amides is 3. The molecule has 3 aromatic rings. The second-order valence-corrected chi connectivity index (χ2v) is 10.7. The van der Waals surface area contributed by atoms with E-state index >= 15 is 0 Å². The Labute approximate surface area is 237 Å². The highest BCUT2D eigenvalue weighted by molar-refractivity contribution is 7.14. The van der Waals surface area contributed by atoms with E-state index in [1.54, 1.807) is 11.0 Å². The minimum absolute atomic E-state index is 0.0220. The van der Waals surface area contributed by atoms with E-state index in [0.29, 0.717) is 17.8 Å². The number of amidine groups is 1. The quantitative estimate of drug-likeness (QED) is 0.162. The molecule has 2 aromatic carbocycles. The van der Waals surface area contributed by atoms with E-state index in [9.17, 15) is 14.4 Å². The molecule has 2 heterocycles. The summed E-state index contributed by atoms with van der Waals surface area (Å²) in [5.74, 6) is -0.721. The van der Waals surface area contributed by atoms with Gasteiger partial charge in [0.25, 0.3) is 0 Å². The molecule has 5 N–H and O–H groups in total. The topological polar surface area (TPSA) is 138 Å². The van der Waals surface area contributed by atoms with Crippen LogP contribution in [0.4, 0.5) is 4.79 Å². The lowest BCUT2D eigenvalue weighted by atomic mass is 9.89. The fourth-order valence-electron chi connectivity index (χ4n) is 4.84. The number of alkyl carbamates (subject to hydrolysis) is 1. The molecule has 0 spiro atoms. The van der Waals surface area contributed by atoms with Gasteiger partial charge < -0.3 is 26.0 Å². The molecule has 1 fully saturated rings. The molecule has 208 valence electrons. The Morgan fingerprint density at radius 2 is 1.82 bits per heavy atom. The van der Waals surface area contributed by atoms with E-state index in [1.807, 2.05) is 36.4 Å². The molecule has 0 saturated carbocycles. The highest BCUT2D eigenvalue weighted by atomic mass is 32.1. The predicted octanol–water partition coefficient (Wildman–Crippen LogP) is 3.54. The summed E-state index contributed by atoms with van der Waals surface area (Å²) in [4.78, 5) is 41.6. The van der Waals surface area contributed by atoms with Gasteiger partial charge in [0.05, 0.1) is 11.4 Å². The van der Waals surface area contributed by atoms with Crippen LogP contribution in [0.15, 0.2) is 79.4 Å². The summed E-state index contributed by atoms with van der Waals surface area (Å²) in [6.45, 7) is 3.85. The van der Waals surface area contributed by atoms with Crippen LogP contribution >= 0.6 is 11.3 Å². The second-order valence-electron chi connectivity index (χ2n) is 9.49. The lowest BCUT2D eigenvalue weighted by molar-refractivity contribution is -0.137. The average Bonchev–Trinajstić information content (AvgIpc) is 3.63. The number of hydrogen-bond acceptors (Lipinski definition) is 6. The standard InChI is InChI=1S/C30H33N5O4S/c1-2-14-39-30(38)34-18-27(36)35-19-22(24-11-7-6-10-21(24)15-20-8-4-3-5-9-20)16-25(35)29(37)33-17-23-12-13-26(40-23)28(31)32/h2-13,22,25H,1,14-19H2,(H3,31,32)(H,33,37)(H,34,38)/t22?,25-/m0/s1. The predicted molar refractivity (Wildman–Crippen MR) is 155 cm³/mol. The maximum absolute atomic E-state index is 13.4. The number of rotatable bonds is 11. The molecule has 1 aliphatic rings. The van der Waals surface area contributed by atoms with Crippen molar-refractivity contribution in [2.45, 2.75) is 31.3 Å². The van der Waals surface area contributed by atoms with Crippen molar-refractivity contribution >= 4 is 35.1 Å². The molecule has 1 unspecified atom stereocenters. The zero-order valence-electron chi connectivity index (χ0n) is 22.1. The first kappa shape index (κ1) is 28.6. The van der Waals surface area contributed by atoms with E-state index in [4.69, 9.17) is 15.9 Å². The monoisotopic (exact) mass is 559 g/mol. The highest BCUT2D eigenvalue weighted by Crippen LogP contribution is 2.34. The fourth-order valence-corrected chi connectivity index (χ4v) is 5.65. The van der Waals surface area contributed by atoms with Gasteiger partial charge in [-0.05, 0) is 41.7 Å². The Balaban J connectivity index is 1.51. The molecule has 2 atom stereocenters. The third kappa shape index (κ3) is 7.35. The fraction of sp³-hybridized carbons (Fsp3) is 0.267. The first-order valence-electron chi connectivity index (χ1n) is 13.0. The van der Waals surface area contributed by atoms with Crippen molar-refractivity contribution in [3.8, 4) is 0 Å². The molecule has 1 aromatic heterocycles. The van der Waals surface area contributed by atoms with Gasteiger partial charge in [0.1, 0.15) is 25.0 Å². The van der Waals surface area contributed by atoms with Crippen LogP contribution in [0.2, 0.25) is 0 Å². The van der Waals surface area contributed by atoms with Crippen LogP contribution in [0.25, 0.3) is 0 Å². The largest absolute Gasteiger partial charge is 0.445 e. The molecule has 40 heavy (non-hydrogen) atoms. The van der Waals surface area contributed by atoms with Crippen LogP contribution in [0, 0.1) is 5.41 Å². The first-order chi connectivity index (χ1) is 19.4. The van der Waals surface area contributed by atoms with Gasteiger partial charge in [0.15, 0.2) is 0 Å². The molecule has 0 bridgehead atoms. The van der Waals surface area contributed by atoms with Crippen LogP contribution in [-0.4, -0.2) is 54.4 Å². The van der Waals surface area contributed by atoms with Crippen LogP contribution in [0.5, 0.6) is 0 Å². The molecule has 10 heteroatoms. The number of hydrogen-bond donors (Lipinski definition) is 4. The Bertz CT molecular complexity index is 1370. The van der Waals surface area contributed by atoms with E-state index in [2.05, 4.69) is 41.5 Å². The average molecular weight is 560 g/mol. The number of benzene rings is 2. The summed E-state index contributed by atoms with van der Waals surface area (Å²) >= 11 is 1.34. The number of ether oxygens (including phenoxy) is 1. The molecule has 4 rings (SSSR count). The number of nitrogen functional groups attached to an aromatic ring is 1. The highest BCUT2D eigenvalue weighted by Gasteiger charge is 2.40. The number of carbonyl (C=O) groups excluding carboxylic acids is 3. The van der Waals surface area contributed by atoms with Gasteiger partial charge in [-0.2, -0.15) is 0 Å². The number of nitrogens with one attached hydrogen (secondary N) is 3. The van der Waals surface area contributed by atoms with Gasteiger partial charge >= 0.3 is 6.09 Å². The van der Waals surface area contributed by atoms with Crippen LogP contribution in [0.1, 0.15) is 38.8 Å². The van der Waals surface area contributed by atoms with E-state index in [1.165, 1.54) is 23.0 Å². The lowest BCUT2D eigenvalue weighted by Gasteiger charge is -2.24. The van der Waals surface area contributed by atoms with Gasteiger partial charge in [-0.3, -0.25) is 15.0 Å². The number of thiophene rings is 1. The van der Waals surface area contributed by atoms with Gasteiger partial charge in [0, 0.05) is 17.3 Å². The summed E-state index contributed by atoms with van der Waals surface area (Å²) < 4.78 is 4.91. The molecule has 1 saturated heterocycles. The summed E-state index contributed by atoms with van der Waals surface area (Å²) in [7, 11) is 0. The van der Waals surface area contributed by atoms with Crippen molar-refractivity contribution < 1.29 is 19.1 Å². The third-order valence-corrected chi connectivity index (χ3v) is 7.86. The van der Waals surface area contributed by atoms with E-state index < -0.39 is 12.1 Å². The summed E-state index contributed by atoms with van der Waals surface area (Å²) in [5.41, 5.74) is 8.99. The van der Waals surface area contributed by atoms with Crippen molar-refractivity contribution in [1.82, 2.24) is 15.5 Å². The second kappa shape index (κ2) is 13.6. The molecule has 3 amide bonds. The van der Waals surface area contributed by atoms with Crippen molar-refractivity contribution in [2.24, 2.45) is 5.73 Å². The molecule has 1 aliphatic heterocycles. The van der Waals surface area contributed by atoms with Gasteiger partial charge in [-0.1, -0.05) is 67.3 Å². The molecular weight excluding hydrogens is 526 g/mol. The Morgan fingerprint density at radius 3 is 2.55 bits per heavy atom. The summed E-state index contributed by atoms with van der Waals surface area (Å²) in [6, 6.07) is 21.1. The SMILES string of the molecule is C=CCOC(=O)NCC(=O)N1CC(c2ccccc2Cc2ccccc2)C[C@H]1C(=O)NCc1ccc(C(=N)N)s1. The van der Waals surface area contributed by atoms with Crippen LogP contribution in [-0.2, 0) is 27.3 Å². The third-order valence-electron chi connectivity index (χ3n) is 6.74. The van der Waals surface area contributed by atoms with Crippen molar-refractivity contribution in [3.05, 3.63) is 106 Å². The maximum Gasteiger partial charge on any atom is 0.407 e. The van der Waals surface area contributed by atoms with Gasteiger partial charge in [-0.15, -0.1) is 11.3 Å². The number of nitrogens with two attached hydrogens (primary N) is 1. The van der Waals surface area contributed by atoms with Crippen molar-refractivity contribution in [2.75, 3.05) is 19.7 Å². The molecule has 9 nitrogen and oxygen atoms in total. The van der Waals surface area contributed by atoms with Gasteiger partial charge in [0.2, 0.25) is 11.8 Å². The zero-order chi connectivity index (χ0) is 28.5. The van der Waals surface area contributed by atoms with Crippen LogP contribution < -0.4 is 16.4 Å². The molecule has 0 radical (unpaired) electrons. The van der Waals surface area contributed by atoms with Crippen molar-refractivity contribution in [3.63, 3.8) is 0 Å². The lowest BCUT2D eigenvalue weighted by Crippen LogP contribution is -2.48. The number of carbonyl (C=O) groups is 3. The smallest absolute Gasteiger partial charge is 0.407 e. The summed E-state index contributed by atoms with van der Waals surface area (Å²) in [6.07, 6.45) is 1.91. The zero-order valence-corrected chi connectivity index (χ0v) is 22.9. The molecular formula is C30H33N5O4S. The normalized spacial score (nSPS) is 16.2. The minimum Gasteiger partial charge on any atom is -0.445 e. The summed E-state index contributed by atoms with van der Waals surface area (Å²) in [5, 5.41) is 13.0. The minimum atomic E-state index is -0.725. The Morgan fingerprint density at radius 1 is 1.07 bits per heavy atom. The van der Waals surface area contributed by atoms with Crippen LogP contribution in [0.3, 0.4) is 0 Å². The van der Waals surface area contributed by atoms with E-state index in [0.717, 1.165) is 22.4 Å². The Hall–Kier alpha value is -4.44. The Kier molecular flexibility index (Phi) is 9.69.